The smallest absolute Gasteiger partial charge is 0.331 e. The molecule has 0 aliphatic heterocycles. The van der Waals surface area contributed by atoms with E-state index in [1.54, 1.807) is 30.3 Å². The van der Waals surface area contributed by atoms with Gasteiger partial charge in [-0.3, -0.25) is 4.79 Å². The van der Waals surface area contributed by atoms with Crippen LogP contribution in [0.4, 0.5) is 0 Å². The maximum atomic E-state index is 12.5. The minimum atomic E-state index is -3.56. The highest BCUT2D eigenvalue weighted by Crippen LogP contribution is 2.17. The van der Waals surface area contributed by atoms with Gasteiger partial charge in [-0.15, -0.1) is 0 Å². The highest BCUT2D eigenvalue weighted by atomic mass is 32.2. The normalized spacial score (nSPS) is 13.6. The summed E-state index contributed by atoms with van der Waals surface area (Å²) < 4.78 is 29.9. The number of nitrogens with one attached hydrogen (secondary N) is 1. The minimum absolute atomic E-state index is 0.166. The second-order valence-corrected chi connectivity index (χ2v) is 8.29. The summed E-state index contributed by atoms with van der Waals surface area (Å²) in [6.07, 6.45) is 0. The molecule has 144 valence electrons. The molecule has 2 rings (SSSR count). The van der Waals surface area contributed by atoms with Gasteiger partial charge in [0, 0.05) is 12.7 Å². The Balaban J connectivity index is 2.22. The van der Waals surface area contributed by atoms with E-state index in [0.29, 0.717) is 5.56 Å². The van der Waals surface area contributed by atoms with E-state index >= 15 is 0 Å². The number of hydrogen-bond acceptors (Lipinski definition) is 5. The maximum Gasteiger partial charge on any atom is 0.331 e. The number of methoxy groups -OCH3 is 1. The summed E-state index contributed by atoms with van der Waals surface area (Å²) >= 11 is 0. The zero-order valence-electron chi connectivity index (χ0n) is 15.0. The van der Waals surface area contributed by atoms with E-state index in [0.717, 1.165) is 0 Å². The quantitative estimate of drug-likeness (QED) is 0.711. The standard InChI is InChI=1S/C19H21NO6S/c1-19(13-26-2,18(22)23)20-17(21)15-8-6-7-14(11-15)12-27(24,25)16-9-4-3-5-10-16/h3-11H,12-13H2,1-2H3,(H,20,21)(H,22,23). The number of aliphatic carboxylic acids is 1. The van der Waals surface area contributed by atoms with Crippen molar-refractivity contribution in [2.75, 3.05) is 13.7 Å². The number of ether oxygens (including phenoxy) is 1. The molecule has 0 spiro atoms. The number of carboxylic acids is 1. The average Bonchev–Trinajstić information content (AvgIpc) is 2.62. The Morgan fingerprint density at radius 3 is 2.37 bits per heavy atom. The summed E-state index contributed by atoms with van der Waals surface area (Å²) in [5, 5.41) is 11.7. The fourth-order valence-electron chi connectivity index (χ4n) is 2.50. The Morgan fingerprint density at radius 2 is 1.78 bits per heavy atom. The molecule has 0 aromatic heterocycles. The van der Waals surface area contributed by atoms with Crippen molar-refractivity contribution in [3.8, 4) is 0 Å². The van der Waals surface area contributed by atoms with Crippen LogP contribution in [0.1, 0.15) is 22.8 Å². The average molecular weight is 391 g/mol. The van der Waals surface area contributed by atoms with E-state index in [2.05, 4.69) is 5.32 Å². The number of hydrogen-bond donors (Lipinski definition) is 2. The first-order valence-electron chi connectivity index (χ1n) is 8.09. The summed E-state index contributed by atoms with van der Waals surface area (Å²) in [5.74, 6) is -2.14. The Hall–Kier alpha value is -2.71. The first-order valence-corrected chi connectivity index (χ1v) is 9.75. The number of carbonyl (C=O) groups is 2. The number of amides is 1. The topological polar surface area (TPSA) is 110 Å². The van der Waals surface area contributed by atoms with Crippen LogP contribution in [0.2, 0.25) is 0 Å². The highest BCUT2D eigenvalue weighted by molar-refractivity contribution is 7.90. The summed E-state index contributed by atoms with van der Waals surface area (Å²) in [4.78, 5) is 24.1. The number of benzene rings is 2. The molecule has 0 heterocycles. The van der Waals surface area contributed by atoms with Crippen molar-refractivity contribution in [2.45, 2.75) is 23.1 Å². The van der Waals surface area contributed by atoms with Crippen LogP contribution in [0.3, 0.4) is 0 Å². The van der Waals surface area contributed by atoms with Crippen LogP contribution in [0, 0.1) is 0 Å². The third-order valence-corrected chi connectivity index (χ3v) is 5.65. The van der Waals surface area contributed by atoms with E-state index < -0.39 is 27.3 Å². The molecule has 27 heavy (non-hydrogen) atoms. The number of carbonyl (C=O) groups excluding carboxylic acids is 1. The second-order valence-electron chi connectivity index (χ2n) is 6.30. The van der Waals surface area contributed by atoms with Crippen molar-refractivity contribution < 1.29 is 27.9 Å². The molecule has 0 saturated carbocycles. The van der Waals surface area contributed by atoms with Gasteiger partial charge in [0.1, 0.15) is 0 Å². The van der Waals surface area contributed by atoms with Crippen molar-refractivity contribution in [1.82, 2.24) is 5.32 Å². The molecular formula is C19H21NO6S. The summed E-state index contributed by atoms with van der Waals surface area (Å²) in [6.45, 7) is 1.12. The van der Waals surface area contributed by atoms with Crippen molar-refractivity contribution in [3.63, 3.8) is 0 Å². The van der Waals surface area contributed by atoms with Crippen LogP contribution in [-0.4, -0.2) is 44.7 Å². The van der Waals surface area contributed by atoms with E-state index in [9.17, 15) is 23.1 Å². The summed E-state index contributed by atoms with van der Waals surface area (Å²) in [5.41, 5.74) is -1.01. The Bertz CT molecular complexity index is 926. The SMILES string of the molecule is COCC(C)(NC(=O)c1cccc(CS(=O)(=O)c2ccccc2)c1)C(=O)O. The number of rotatable bonds is 8. The van der Waals surface area contributed by atoms with Crippen LogP contribution in [0.5, 0.6) is 0 Å². The molecule has 1 atom stereocenters. The Labute approximate surface area is 157 Å². The van der Waals surface area contributed by atoms with Crippen LogP contribution in [0.25, 0.3) is 0 Å². The van der Waals surface area contributed by atoms with Gasteiger partial charge in [-0.1, -0.05) is 30.3 Å². The van der Waals surface area contributed by atoms with E-state index in [1.807, 2.05) is 0 Å². The van der Waals surface area contributed by atoms with Gasteiger partial charge in [-0.2, -0.15) is 0 Å². The molecule has 7 nitrogen and oxygen atoms in total. The fraction of sp³-hybridized carbons (Fsp3) is 0.263. The summed E-state index contributed by atoms with van der Waals surface area (Å²) in [6, 6.07) is 14.1. The minimum Gasteiger partial charge on any atom is -0.479 e. The van der Waals surface area contributed by atoms with Gasteiger partial charge in [0.15, 0.2) is 15.4 Å². The Morgan fingerprint density at radius 1 is 1.11 bits per heavy atom. The van der Waals surface area contributed by atoms with E-state index in [1.165, 1.54) is 38.3 Å². The van der Waals surface area contributed by atoms with Gasteiger partial charge < -0.3 is 15.2 Å². The first-order chi connectivity index (χ1) is 12.7. The zero-order valence-corrected chi connectivity index (χ0v) is 15.8. The fourth-order valence-corrected chi connectivity index (χ4v) is 3.85. The largest absolute Gasteiger partial charge is 0.479 e. The lowest BCUT2D eigenvalue weighted by Crippen LogP contribution is -2.55. The van der Waals surface area contributed by atoms with Crippen molar-refractivity contribution in [2.24, 2.45) is 0 Å². The number of sulfone groups is 1. The molecule has 0 aliphatic rings. The molecule has 1 amide bonds. The highest BCUT2D eigenvalue weighted by Gasteiger charge is 2.35. The monoisotopic (exact) mass is 391 g/mol. The summed E-state index contributed by atoms with van der Waals surface area (Å²) in [7, 11) is -2.22. The molecule has 2 aromatic carbocycles. The number of carboxylic acid groups (broad SMARTS) is 1. The molecule has 1 unspecified atom stereocenters. The predicted octanol–water partition coefficient (Wildman–Crippen LogP) is 1.88. The molecule has 0 bridgehead atoms. The zero-order chi connectivity index (χ0) is 20.1. The van der Waals surface area contributed by atoms with Crippen molar-refractivity contribution >= 4 is 21.7 Å². The molecular weight excluding hydrogens is 370 g/mol. The molecule has 0 saturated heterocycles. The van der Waals surface area contributed by atoms with Crippen molar-refractivity contribution in [3.05, 3.63) is 65.7 Å². The lowest BCUT2D eigenvalue weighted by molar-refractivity contribution is -0.145. The van der Waals surface area contributed by atoms with E-state index in [-0.39, 0.29) is 22.8 Å². The van der Waals surface area contributed by atoms with Crippen molar-refractivity contribution in [1.29, 1.82) is 0 Å². The third-order valence-electron chi connectivity index (χ3n) is 3.94. The first kappa shape index (κ1) is 20.6. The van der Waals surface area contributed by atoms with Crippen LogP contribution in [-0.2, 0) is 25.1 Å². The molecule has 2 aromatic rings. The molecule has 0 aliphatic carbocycles. The molecule has 0 radical (unpaired) electrons. The van der Waals surface area contributed by atoms with Gasteiger partial charge in [0.2, 0.25) is 0 Å². The molecule has 8 heteroatoms. The van der Waals surface area contributed by atoms with Gasteiger partial charge in [-0.05, 0) is 36.8 Å². The molecule has 0 fully saturated rings. The van der Waals surface area contributed by atoms with Crippen LogP contribution < -0.4 is 5.32 Å². The predicted molar refractivity (Wildman–Crippen MR) is 99.2 cm³/mol. The van der Waals surface area contributed by atoms with Gasteiger partial charge in [0.25, 0.3) is 5.91 Å². The maximum absolute atomic E-state index is 12.5. The van der Waals surface area contributed by atoms with Gasteiger partial charge >= 0.3 is 5.97 Å². The third kappa shape index (κ3) is 5.15. The van der Waals surface area contributed by atoms with Gasteiger partial charge in [-0.25, -0.2) is 13.2 Å². The second kappa shape index (κ2) is 8.32. The Kier molecular flexibility index (Phi) is 6.35. The lowest BCUT2D eigenvalue weighted by atomic mass is 10.0. The van der Waals surface area contributed by atoms with Crippen LogP contribution >= 0.6 is 0 Å². The molecule has 2 N–H and O–H groups in total. The lowest BCUT2D eigenvalue weighted by Gasteiger charge is -2.25. The van der Waals surface area contributed by atoms with E-state index in [4.69, 9.17) is 4.74 Å². The van der Waals surface area contributed by atoms with Crippen LogP contribution in [0.15, 0.2) is 59.5 Å². The van der Waals surface area contributed by atoms with Gasteiger partial charge in [0.05, 0.1) is 17.3 Å².